The molecule has 4 aromatic carbocycles. The lowest BCUT2D eigenvalue weighted by Crippen LogP contribution is -1.89. The van der Waals surface area contributed by atoms with Gasteiger partial charge >= 0.3 is 0 Å². The van der Waals surface area contributed by atoms with Crippen LogP contribution in [-0.2, 0) is 0 Å². The fourth-order valence-corrected chi connectivity index (χ4v) is 4.58. The number of aromatic nitrogens is 5. The summed E-state index contributed by atoms with van der Waals surface area (Å²) >= 11 is 0. The van der Waals surface area contributed by atoms with E-state index in [9.17, 15) is 0 Å². The number of hydrogen-bond donors (Lipinski definition) is 2. The van der Waals surface area contributed by atoms with Crippen LogP contribution in [0, 0.1) is 0 Å². The smallest absolute Gasteiger partial charge is 0.234 e. The number of hydrogen-bond acceptors (Lipinski definition) is 4. The number of benzene rings is 4. The molecule has 7 rings (SSSR count). The minimum Gasteiger partial charge on any atom is -0.369 e. The molecule has 0 spiro atoms. The largest absolute Gasteiger partial charge is 0.369 e. The van der Waals surface area contributed by atoms with Gasteiger partial charge in [-0.1, -0.05) is 133 Å². The van der Waals surface area contributed by atoms with Gasteiger partial charge in [0.25, 0.3) is 0 Å². The van der Waals surface area contributed by atoms with E-state index in [2.05, 4.69) is 117 Å². The van der Waals surface area contributed by atoms with Crippen LogP contribution in [0.15, 0.2) is 140 Å². The van der Waals surface area contributed by atoms with Gasteiger partial charge in [0, 0.05) is 18.0 Å². The van der Waals surface area contributed by atoms with Gasteiger partial charge in [-0.25, -0.2) is 15.0 Å². The van der Waals surface area contributed by atoms with Crippen LogP contribution in [0.3, 0.4) is 0 Å². The average Bonchev–Trinajstić information content (AvgIpc) is 3.71. The van der Waals surface area contributed by atoms with Gasteiger partial charge in [0.05, 0.1) is 23.8 Å². The van der Waals surface area contributed by atoms with Gasteiger partial charge in [-0.3, -0.25) is 4.40 Å². The molecule has 3 aromatic heterocycles. The molecule has 208 valence electrons. The van der Waals surface area contributed by atoms with Crippen molar-refractivity contribution < 1.29 is 0 Å². The Morgan fingerprint density at radius 2 is 1.07 bits per heavy atom. The highest BCUT2D eigenvalue weighted by Crippen LogP contribution is 2.22. The fraction of sp³-hybridized carbons (Fsp3) is 0. The van der Waals surface area contributed by atoms with Crippen LogP contribution >= 0.6 is 0 Å². The summed E-state index contributed by atoms with van der Waals surface area (Å²) in [6.07, 6.45) is 15.8. The number of nitrogens with zero attached hydrogens (tertiary/aromatic N) is 4. The predicted octanol–water partition coefficient (Wildman–Crippen LogP) is 8.40. The van der Waals surface area contributed by atoms with Gasteiger partial charge < -0.3 is 10.7 Å². The molecule has 7 aromatic rings. The van der Waals surface area contributed by atoms with Gasteiger partial charge in [-0.2, -0.15) is 0 Å². The summed E-state index contributed by atoms with van der Waals surface area (Å²) in [6.45, 7) is 0. The third-order valence-corrected chi connectivity index (χ3v) is 6.85. The highest BCUT2D eigenvalue weighted by Gasteiger charge is 2.05. The summed E-state index contributed by atoms with van der Waals surface area (Å²) in [4.78, 5) is 15.6. The third kappa shape index (κ3) is 7.01. The van der Waals surface area contributed by atoms with Gasteiger partial charge in [0.1, 0.15) is 0 Å². The van der Waals surface area contributed by atoms with Gasteiger partial charge in [-0.15, -0.1) is 0 Å². The maximum Gasteiger partial charge on any atom is 0.234 e. The molecule has 0 saturated heterocycles. The molecule has 0 saturated carbocycles. The van der Waals surface area contributed by atoms with Crippen LogP contribution in [0.25, 0.3) is 52.6 Å². The number of H-pyrrole nitrogens is 1. The van der Waals surface area contributed by atoms with Crippen molar-refractivity contribution in [2.75, 3.05) is 5.73 Å². The highest BCUT2D eigenvalue weighted by molar-refractivity contribution is 5.72. The lowest BCUT2D eigenvalue weighted by Gasteiger charge is -2.02. The Bertz CT molecular complexity index is 1950. The molecular weight excluding hydrogens is 528 g/mol. The van der Waals surface area contributed by atoms with Crippen molar-refractivity contribution in [2.45, 2.75) is 0 Å². The Balaban J connectivity index is 0.000000155. The number of imidazole rings is 2. The van der Waals surface area contributed by atoms with E-state index in [4.69, 9.17) is 5.73 Å². The van der Waals surface area contributed by atoms with E-state index in [1.165, 1.54) is 16.7 Å². The molecule has 0 atom stereocenters. The minimum absolute atomic E-state index is 0.438. The van der Waals surface area contributed by atoms with E-state index in [1.54, 1.807) is 12.4 Å². The van der Waals surface area contributed by atoms with Gasteiger partial charge in [-0.05, 0) is 33.9 Å². The number of rotatable bonds is 6. The van der Waals surface area contributed by atoms with Crippen molar-refractivity contribution in [3.8, 4) is 22.5 Å². The summed E-state index contributed by atoms with van der Waals surface area (Å²) in [5.41, 5.74) is 14.5. The second-order valence-corrected chi connectivity index (χ2v) is 9.85. The topological polar surface area (TPSA) is 84.9 Å². The third-order valence-electron chi connectivity index (χ3n) is 6.85. The van der Waals surface area contributed by atoms with Crippen molar-refractivity contribution in [1.29, 1.82) is 0 Å². The zero-order chi connectivity index (χ0) is 29.3. The highest BCUT2D eigenvalue weighted by atomic mass is 15.1. The quantitative estimate of drug-likeness (QED) is 0.201. The zero-order valence-corrected chi connectivity index (χ0v) is 23.5. The number of nitrogen functional groups attached to an aromatic ring is 1. The zero-order valence-electron chi connectivity index (χ0n) is 23.5. The molecule has 6 nitrogen and oxygen atoms in total. The molecule has 0 fully saturated rings. The molecule has 0 bridgehead atoms. The second-order valence-electron chi connectivity index (χ2n) is 9.85. The number of nitrogens with one attached hydrogen (secondary N) is 1. The maximum absolute atomic E-state index is 5.58. The Morgan fingerprint density at radius 1 is 0.535 bits per heavy atom. The standard InChI is InChI=1S/C20H15N3.C17H15N3/c1-2-5-16(6-3-1)7-8-17-9-11-18(12-10-17)19-15-22-20-21-13-4-14-23(19)20;18-17-19-12-16(20-17)15-10-8-14(9-11-15)7-6-13-4-2-1-3-5-13/h1-15H;1-12H,(H3,18,19,20)/b8-7+;7-6+. The Labute approximate surface area is 250 Å². The molecule has 0 aliphatic heterocycles. The SMILES string of the molecule is C(=C\c1ccc(-c2cnc3ncccn23)cc1)/c1ccccc1.Nc1ncc(-c2ccc(/C=C/c3ccccc3)cc2)[nH]1. The molecule has 3 heterocycles. The lowest BCUT2D eigenvalue weighted by atomic mass is 10.1. The van der Waals surface area contributed by atoms with Gasteiger partial charge in [0.15, 0.2) is 5.95 Å². The number of anilines is 1. The predicted molar refractivity (Wildman–Crippen MR) is 178 cm³/mol. The molecule has 3 N–H and O–H groups in total. The summed E-state index contributed by atoms with van der Waals surface area (Å²) in [7, 11) is 0. The Hall–Kier alpha value is -6.01. The van der Waals surface area contributed by atoms with Crippen LogP contribution in [-0.4, -0.2) is 24.3 Å². The summed E-state index contributed by atoms with van der Waals surface area (Å²) in [6, 6.07) is 39.2. The van der Waals surface area contributed by atoms with E-state index >= 15 is 0 Å². The van der Waals surface area contributed by atoms with E-state index in [-0.39, 0.29) is 0 Å². The van der Waals surface area contributed by atoms with Crippen LogP contribution in [0.2, 0.25) is 0 Å². The molecule has 0 unspecified atom stereocenters. The normalized spacial score (nSPS) is 11.2. The van der Waals surface area contributed by atoms with E-state index in [1.807, 2.05) is 59.3 Å². The Kier molecular flexibility index (Phi) is 8.28. The molecule has 0 aliphatic carbocycles. The molecule has 6 heteroatoms. The van der Waals surface area contributed by atoms with Gasteiger partial charge in [0.2, 0.25) is 5.78 Å². The van der Waals surface area contributed by atoms with E-state index in [0.29, 0.717) is 5.95 Å². The fourth-order valence-electron chi connectivity index (χ4n) is 4.58. The first-order valence-electron chi connectivity index (χ1n) is 14.0. The molecule has 43 heavy (non-hydrogen) atoms. The first kappa shape index (κ1) is 27.2. The number of nitrogens with two attached hydrogens (primary N) is 1. The lowest BCUT2D eigenvalue weighted by molar-refractivity contribution is 1.11. The minimum atomic E-state index is 0.438. The Morgan fingerprint density at radius 3 is 1.60 bits per heavy atom. The van der Waals surface area contributed by atoms with Crippen LogP contribution in [0.4, 0.5) is 5.95 Å². The van der Waals surface area contributed by atoms with Crippen LogP contribution in [0.5, 0.6) is 0 Å². The summed E-state index contributed by atoms with van der Waals surface area (Å²) in [5, 5.41) is 0. The maximum atomic E-state index is 5.58. The first-order valence-corrected chi connectivity index (χ1v) is 14.0. The molecule has 0 amide bonds. The van der Waals surface area contributed by atoms with Crippen molar-refractivity contribution in [3.05, 3.63) is 162 Å². The molecular formula is C37H30N6. The van der Waals surface area contributed by atoms with Crippen molar-refractivity contribution in [1.82, 2.24) is 24.3 Å². The molecule has 0 aliphatic rings. The van der Waals surface area contributed by atoms with Crippen LogP contribution < -0.4 is 5.73 Å². The number of fused-ring (bicyclic) bond motifs is 1. The summed E-state index contributed by atoms with van der Waals surface area (Å²) in [5.74, 6) is 1.16. The van der Waals surface area contributed by atoms with Crippen molar-refractivity contribution in [3.63, 3.8) is 0 Å². The van der Waals surface area contributed by atoms with Crippen molar-refractivity contribution >= 4 is 36.0 Å². The average molecular weight is 559 g/mol. The van der Waals surface area contributed by atoms with E-state index in [0.717, 1.165) is 33.9 Å². The monoisotopic (exact) mass is 558 g/mol. The second kappa shape index (κ2) is 13.1. The number of aromatic amines is 1. The summed E-state index contributed by atoms with van der Waals surface area (Å²) < 4.78 is 1.99. The first-order chi connectivity index (χ1) is 21.2. The van der Waals surface area contributed by atoms with Crippen LogP contribution in [0.1, 0.15) is 22.3 Å². The van der Waals surface area contributed by atoms with Crippen molar-refractivity contribution in [2.24, 2.45) is 0 Å². The molecule has 0 radical (unpaired) electrons. The van der Waals surface area contributed by atoms with E-state index < -0.39 is 0 Å².